The van der Waals surface area contributed by atoms with E-state index in [1.807, 2.05) is 0 Å². The topological polar surface area (TPSA) is 51.4 Å². The molecule has 1 aromatic heterocycles. The number of hydrogen-bond donors (Lipinski definition) is 1. The molecule has 5 heteroatoms. The smallest absolute Gasteiger partial charge is 0.185 e. The van der Waals surface area contributed by atoms with E-state index in [9.17, 15) is 0 Å². The second-order valence-electron chi connectivity index (χ2n) is 4.93. The molecule has 1 saturated heterocycles. The molecule has 1 fully saturated rings. The lowest BCUT2D eigenvalue weighted by molar-refractivity contribution is 0.193. The molecule has 0 spiro atoms. The highest BCUT2D eigenvalue weighted by Crippen LogP contribution is 2.36. The first kappa shape index (κ1) is 11.4. The number of aryl methyl sites for hydroxylation is 1. The Balaban J connectivity index is 1.83. The van der Waals surface area contributed by atoms with Crippen molar-refractivity contribution in [3.05, 3.63) is 10.6 Å². The van der Waals surface area contributed by atoms with E-state index >= 15 is 0 Å². The number of nitrogens with zero attached hydrogens (tertiary/aromatic N) is 2. The molecule has 1 aliphatic carbocycles. The van der Waals surface area contributed by atoms with Crippen LogP contribution in [0.5, 0.6) is 0 Å². The van der Waals surface area contributed by atoms with Crippen molar-refractivity contribution in [2.75, 3.05) is 25.2 Å². The van der Waals surface area contributed by atoms with E-state index in [1.54, 1.807) is 11.3 Å². The quantitative estimate of drug-likeness (QED) is 0.871. The summed E-state index contributed by atoms with van der Waals surface area (Å²) in [4.78, 5) is 8.32. The van der Waals surface area contributed by atoms with Crippen LogP contribution in [0.15, 0.2) is 0 Å². The lowest BCUT2D eigenvalue weighted by Gasteiger charge is -2.21. The van der Waals surface area contributed by atoms with Crippen LogP contribution < -0.4 is 10.6 Å². The minimum atomic E-state index is 0.207. The third-order valence-corrected chi connectivity index (χ3v) is 5.06. The van der Waals surface area contributed by atoms with Crippen LogP contribution in [0.2, 0.25) is 0 Å². The van der Waals surface area contributed by atoms with Crippen molar-refractivity contribution in [1.29, 1.82) is 0 Å². The number of rotatable bonds is 2. The number of fused-ring (bicyclic) bond motifs is 1. The van der Waals surface area contributed by atoms with Crippen LogP contribution in [0.3, 0.4) is 0 Å². The molecule has 3 rings (SSSR count). The molecule has 2 unspecified atom stereocenters. The zero-order valence-corrected chi connectivity index (χ0v) is 11.0. The summed E-state index contributed by atoms with van der Waals surface area (Å²) in [6, 6.07) is 0.692. The molecule has 0 saturated carbocycles. The van der Waals surface area contributed by atoms with Gasteiger partial charge in [0.15, 0.2) is 5.13 Å². The maximum absolute atomic E-state index is 6.14. The summed E-state index contributed by atoms with van der Waals surface area (Å²) >= 11 is 1.77. The molecule has 94 valence electrons. The van der Waals surface area contributed by atoms with Gasteiger partial charge < -0.3 is 15.4 Å². The van der Waals surface area contributed by atoms with E-state index in [0.29, 0.717) is 6.04 Å². The summed E-state index contributed by atoms with van der Waals surface area (Å²) in [5.74, 6) is 0. The molecule has 1 aromatic rings. The maximum atomic E-state index is 6.14. The second-order valence-corrected chi connectivity index (χ2v) is 5.94. The molecule has 0 radical (unpaired) electrons. The minimum absolute atomic E-state index is 0.207. The third kappa shape index (κ3) is 2.07. The van der Waals surface area contributed by atoms with Crippen LogP contribution >= 0.6 is 11.3 Å². The monoisotopic (exact) mass is 253 g/mol. The van der Waals surface area contributed by atoms with E-state index in [1.165, 1.54) is 17.0 Å². The first-order valence-electron chi connectivity index (χ1n) is 6.31. The molecule has 17 heavy (non-hydrogen) atoms. The summed E-state index contributed by atoms with van der Waals surface area (Å²) < 4.78 is 5.43. The van der Waals surface area contributed by atoms with Gasteiger partial charge >= 0.3 is 0 Å². The third-order valence-electron chi connectivity index (χ3n) is 3.74. The molecular formula is C12H19N3OS. The van der Waals surface area contributed by atoms with Gasteiger partial charge in [0.25, 0.3) is 0 Å². The zero-order valence-electron chi connectivity index (χ0n) is 10.2. The van der Waals surface area contributed by atoms with Crippen molar-refractivity contribution >= 4 is 16.5 Å². The van der Waals surface area contributed by atoms with Crippen molar-refractivity contribution in [3.63, 3.8) is 0 Å². The normalized spacial score (nSPS) is 28.1. The number of aromatic nitrogens is 1. The van der Waals surface area contributed by atoms with Gasteiger partial charge in [0.2, 0.25) is 0 Å². The lowest BCUT2D eigenvalue weighted by atomic mass is 9.99. The fourth-order valence-electron chi connectivity index (χ4n) is 2.57. The second kappa shape index (κ2) is 4.55. The van der Waals surface area contributed by atoms with Gasteiger partial charge in [0, 0.05) is 24.6 Å². The predicted octanol–water partition coefficient (Wildman–Crippen LogP) is 1.70. The average molecular weight is 253 g/mol. The fraction of sp³-hybridized carbons (Fsp3) is 0.750. The van der Waals surface area contributed by atoms with E-state index < -0.39 is 0 Å². The fourth-order valence-corrected chi connectivity index (χ4v) is 3.75. The van der Waals surface area contributed by atoms with Crippen LogP contribution in [0, 0.1) is 0 Å². The van der Waals surface area contributed by atoms with Crippen LogP contribution in [-0.2, 0) is 11.2 Å². The highest BCUT2D eigenvalue weighted by Gasteiger charge is 2.26. The molecule has 4 nitrogen and oxygen atoms in total. The minimum Gasteiger partial charge on any atom is -0.379 e. The van der Waals surface area contributed by atoms with Crippen LogP contribution in [0.4, 0.5) is 5.13 Å². The average Bonchev–Trinajstić information content (AvgIpc) is 2.98. The number of thiazole rings is 1. The Morgan fingerprint density at radius 1 is 1.47 bits per heavy atom. The molecule has 0 amide bonds. The van der Waals surface area contributed by atoms with Crippen LogP contribution in [0.1, 0.15) is 35.9 Å². The van der Waals surface area contributed by atoms with Crippen molar-refractivity contribution in [2.24, 2.45) is 5.73 Å². The number of likely N-dealkylation sites (N-methyl/N-ethyl adjacent to an activating group) is 1. The molecule has 0 bridgehead atoms. The van der Waals surface area contributed by atoms with Gasteiger partial charge in [-0.15, -0.1) is 0 Å². The van der Waals surface area contributed by atoms with Crippen molar-refractivity contribution < 1.29 is 4.74 Å². The Hall–Kier alpha value is -0.650. The molecular weight excluding hydrogens is 234 g/mol. The Kier molecular flexibility index (Phi) is 3.06. The predicted molar refractivity (Wildman–Crippen MR) is 69.6 cm³/mol. The number of hydrogen-bond acceptors (Lipinski definition) is 5. The van der Waals surface area contributed by atoms with E-state index in [-0.39, 0.29) is 6.04 Å². The first-order valence-corrected chi connectivity index (χ1v) is 7.13. The Morgan fingerprint density at radius 3 is 3.06 bits per heavy atom. The van der Waals surface area contributed by atoms with Gasteiger partial charge in [-0.3, -0.25) is 0 Å². The van der Waals surface area contributed by atoms with Crippen molar-refractivity contribution in [3.8, 4) is 0 Å². The summed E-state index contributed by atoms with van der Waals surface area (Å²) in [6.07, 6.45) is 4.47. The maximum Gasteiger partial charge on any atom is 0.185 e. The Bertz CT molecular complexity index is 400. The molecule has 2 aliphatic rings. The van der Waals surface area contributed by atoms with Gasteiger partial charge in [0.1, 0.15) is 0 Å². The first-order chi connectivity index (χ1) is 8.25. The van der Waals surface area contributed by atoms with Gasteiger partial charge in [-0.2, -0.15) is 0 Å². The van der Waals surface area contributed by atoms with E-state index in [0.717, 1.165) is 37.6 Å². The highest BCUT2D eigenvalue weighted by molar-refractivity contribution is 7.15. The highest BCUT2D eigenvalue weighted by atomic mass is 32.1. The summed E-state index contributed by atoms with van der Waals surface area (Å²) in [5.41, 5.74) is 7.37. The van der Waals surface area contributed by atoms with Gasteiger partial charge in [0.05, 0.1) is 18.3 Å². The lowest BCUT2D eigenvalue weighted by Crippen LogP contribution is -2.31. The summed E-state index contributed by atoms with van der Waals surface area (Å²) in [5, 5.41) is 1.11. The Labute approximate surface area is 106 Å². The van der Waals surface area contributed by atoms with Gasteiger partial charge in [-0.05, 0) is 25.7 Å². The van der Waals surface area contributed by atoms with Crippen LogP contribution in [0.25, 0.3) is 0 Å². The summed E-state index contributed by atoms with van der Waals surface area (Å²) in [6.45, 7) is 1.70. The van der Waals surface area contributed by atoms with Crippen molar-refractivity contribution in [2.45, 2.75) is 37.8 Å². The molecule has 2 heterocycles. The Morgan fingerprint density at radius 2 is 2.35 bits per heavy atom. The van der Waals surface area contributed by atoms with Crippen LogP contribution in [-0.4, -0.2) is 31.3 Å². The summed E-state index contributed by atoms with van der Waals surface area (Å²) in [7, 11) is 2.12. The zero-order chi connectivity index (χ0) is 11.8. The number of anilines is 1. The molecule has 2 N–H and O–H groups in total. The van der Waals surface area contributed by atoms with Crippen molar-refractivity contribution in [1.82, 2.24) is 4.98 Å². The SMILES string of the molecule is CN(c1nc2c(s1)C(N)CCC2)C1CCOC1. The van der Waals surface area contributed by atoms with E-state index in [2.05, 4.69) is 11.9 Å². The van der Waals surface area contributed by atoms with E-state index in [4.69, 9.17) is 15.5 Å². The number of ether oxygens (including phenoxy) is 1. The van der Waals surface area contributed by atoms with Gasteiger partial charge in [-0.25, -0.2) is 4.98 Å². The standard InChI is InChI=1S/C12H19N3OS/c1-15(8-5-6-16-7-8)12-14-10-4-2-3-9(13)11(10)17-12/h8-9H,2-7,13H2,1H3. The van der Waals surface area contributed by atoms with Gasteiger partial charge in [-0.1, -0.05) is 11.3 Å². The molecule has 2 atom stereocenters. The molecule has 1 aliphatic heterocycles. The molecule has 0 aromatic carbocycles. The number of nitrogens with two attached hydrogens (primary N) is 1. The largest absolute Gasteiger partial charge is 0.379 e.